The molecule has 126 valence electrons. The zero-order valence-corrected chi connectivity index (χ0v) is 14.3. The predicted octanol–water partition coefficient (Wildman–Crippen LogP) is 1.89. The highest BCUT2D eigenvalue weighted by Gasteiger charge is 2.41. The van der Waals surface area contributed by atoms with E-state index < -0.39 is 10.0 Å². The molecule has 0 aromatic rings. The van der Waals surface area contributed by atoms with Crippen LogP contribution in [0.3, 0.4) is 0 Å². The molecule has 3 fully saturated rings. The molecular formula is C16H28N2O3S. The smallest absolute Gasteiger partial charge is 0.225 e. The Kier molecular flexibility index (Phi) is 4.78. The molecule has 0 spiro atoms. The highest BCUT2D eigenvalue weighted by molar-refractivity contribution is 7.90. The fourth-order valence-electron chi connectivity index (χ4n) is 3.70. The average Bonchev–Trinajstić information content (AvgIpc) is 3.22. The van der Waals surface area contributed by atoms with Crippen LogP contribution >= 0.6 is 0 Å². The summed E-state index contributed by atoms with van der Waals surface area (Å²) >= 11 is 0. The van der Waals surface area contributed by atoms with Gasteiger partial charge in [0.2, 0.25) is 15.9 Å². The molecule has 0 aromatic heterocycles. The van der Waals surface area contributed by atoms with Crippen LogP contribution in [0.25, 0.3) is 0 Å². The quantitative estimate of drug-likeness (QED) is 0.776. The van der Waals surface area contributed by atoms with Crippen LogP contribution in [-0.2, 0) is 14.8 Å². The minimum absolute atomic E-state index is 0.0664. The molecule has 0 aromatic carbocycles. The standard InChI is InChI=1S/C16H28N2O3S/c1-2-12-5-4-10-18(16(12)19)15(13-8-9-13)11-17-22(20,21)14-6-3-7-14/h12-15,17H,2-11H2,1H3. The van der Waals surface area contributed by atoms with Crippen molar-refractivity contribution in [2.75, 3.05) is 13.1 Å². The van der Waals surface area contributed by atoms with Crippen molar-refractivity contribution in [3.05, 3.63) is 0 Å². The average molecular weight is 328 g/mol. The van der Waals surface area contributed by atoms with Gasteiger partial charge in [-0.1, -0.05) is 13.3 Å². The summed E-state index contributed by atoms with van der Waals surface area (Å²) in [7, 11) is -3.19. The van der Waals surface area contributed by atoms with Gasteiger partial charge >= 0.3 is 0 Å². The van der Waals surface area contributed by atoms with Crippen molar-refractivity contribution < 1.29 is 13.2 Å². The molecule has 22 heavy (non-hydrogen) atoms. The Balaban J connectivity index is 1.64. The van der Waals surface area contributed by atoms with Crippen LogP contribution < -0.4 is 4.72 Å². The van der Waals surface area contributed by atoms with Crippen LogP contribution in [-0.4, -0.2) is 43.6 Å². The van der Waals surface area contributed by atoms with E-state index >= 15 is 0 Å². The van der Waals surface area contributed by atoms with Crippen molar-refractivity contribution in [1.82, 2.24) is 9.62 Å². The summed E-state index contributed by atoms with van der Waals surface area (Å²) in [4.78, 5) is 14.6. The van der Waals surface area contributed by atoms with Gasteiger partial charge in [-0.3, -0.25) is 4.79 Å². The van der Waals surface area contributed by atoms with Crippen molar-refractivity contribution in [2.24, 2.45) is 11.8 Å². The largest absolute Gasteiger partial charge is 0.338 e. The second kappa shape index (κ2) is 6.48. The van der Waals surface area contributed by atoms with E-state index in [1.54, 1.807) is 0 Å². The minimum Gasteiger partial charge on any atom is -0.338 e. The molecule has 2 unspecified atom stereocenters. The second-order valence-electron chi connectivity index (χ2n) is 7.13. The fourth-order valence-corrected chi connectivity index (χ4v) is 5.29. The number of carbonyl (C=O) groups is 1. The Labute approximate surface area is 133 Å². The lowest BCUT2D eigenvalue weighted by Gasteiger charge is -2.38. The van der Waals surface area contributed by atoms with Crippen LogP contribution in [0.15, 0.2) is 0 Å². The Morgan fingerprint density at radius 3 is 2.45 bits per heavy atom. The maximum atomic E-state index is 12.6. The van der Waals surface area contributed by atoms with Gasteiger partial charge in [-0.25, -0.2) is 13.1 Å². The summed E-state index contributed by atoms with van der Waals surface area (Å²) in [5.41, 5.74) is 0. The molecule has 1 N–H and O–H groups in total. The molecular weight excluding hydrogens is 300 g/mol. The molecule has 2 saturated carbocycles. The first-order chi connectivity index (χ1) is 10.5. The summed E-state index contributed by atoms with van der Waals surface area (Å²) in [5, 5.41) is -0.201. The van der Waals surface area contributed by atoms with Gasteiger partial charge in [0.25, 0.3) is 0 Å². The Morgan fingerprint density at radius 1 is 1.18 bits per heavy atom. The fraction of sp³-hybridized carbons (Fsp3) is 0.938. The lowest BCUT2D eigenvalue weighted by atomic mass is 9.92. The molecule has 1 aliphatic heterocycles. The molecule has 0 radical (unpaired) electrons. The highest BCUT2D eigenvalue weighted by atomic mass is 32.2. The third kappa shape index (κ3) is 3.32. The van der Waals surface area contributed by atoms with Crippen LogP contribution in [0, 0.1) is 11.8 Å². The molecule has 6 heteroatoms. The maximum absolute atomic E-state index is 12.6. The van der Waals surface area contributed by atoms with E-state index in [4.69, 9.17) is 0 Å². The predicted molar refractivity (Wildman–Crippen MR) is 85.8 cm³/mol. The second-order valence-corrected chi connectivity index (χ2v) is 9.18. The summed E-state index contributed by atoms with van der Waals surface area (Å²) in [5.74, 6) is 0.871. The van der Waals surface area contributed by atoms with Crippen molar-refractivity contribution in [1.29, 1.82) is 0 Å². The van der Waals surface area contributed by atoms with Crippen molar-refractivity contribution in [3.63, 3.8) is 0 Å². The summed E-state index contributed by atoms with van der Waals surface area (Å²) in [6, 6.07) is 0.0664. The van der Waals surface area contributed by atoms with E-state index in [0.717, 1.165) is 57.9 Å². The van der Waals surface area contributed by atoms with Gasteiger partial charge in [0, 0.05) is 25.0 Å². The van der Waals surface area contributed by atoms with Gasteiger partial charge in [-0.05, 0) is 50.9 Å². The summed E-state index contributed by atoms with van der Waals surface area (Å²) in [6.45, 7) is 3.27. The summed E-state index contributed by atoms with van der Waals surface area (Å²) in [6.07, 6.45) is 7.74. The van der Waals surface area contributed by atoms with Gasteiger partial charge in [-0.15, -0.1) is 0 Å². The third-order valence-electron chi connectivity index (χ3n) is 5.63. The number of hydrogen-bond acceptors (Lipinski definition) is 3. The number of piperidine rings is 1. The SMILES string of the molecule is CCC1CCCN(C(CNS(=O)(=O)C2CCC2)C2CC2)C1=O. The number of rotatable bonds is 7. The molecule has 2 aliphatic carbocycles. The third-order valence-corrected chi connectivity index (χ3v) is 7.55. The Hall–Kier alpha value is -0.620. The van der Waals surface area contributed by atoms with Gasteiger partial charge in [0.15, 0.2) is 0 Å². The normalized spacial score (nSPS) is 28.5. The van der Waals surface area contributed by atoms with Crippen molar-refractivity contribution >= 4 is 15.9 Å². The van der Waals surface area contributed by atoms with E-state index in [1.165, 1.54) is 0 Å². The highest BCUT2D eigenvalue weighted by Crippen LogP contribution is 2.37. The van der Waals surface area contributed by atoms with Gasteiger partial charge in [0.1, 0.15) is 0 Å². The number of nitrogens with one attached hydrogen (secondary N) is 1. The zero-order valence-electron chi connectivity index (χ0n) is 13.5. The maximum Gasteiger partial charge on any atom is 0.225 e. The molecule has 5 nitrogen and oxygen atoms in total. The Bertz CT molecular complexity index is 511. The molecule has 1 amide bonds. The minimum atomic E-state index is -3.19. The number of amides is 1. The molecule has 3 rings (SSSR count). The zero-order chi connectivity index (χ0) is 15.7. The molecule has 3 aliphatic rings. The van der Waals surface area contributed by atoms with Crippen LogP contribution in [0.1, 0.15) is 58.3 Å². The lowest BCUT2D eigenvalue weighted by molar-refractivity contribution is -0.141. The number of likely N-dealkylation sites (tertiary alicyclic amines) is 1. The Morgan fingerprint density at radius 2 is 1.91 bits per heavy atom. The first-order valence-electron chi connectivity index (χ1n) is 8.82. The number of hydrogen-bond donors (Lipinski definition) is 1. The van der Waals surface area contributed by atoms with E-state index in [0.29, 0.717) is 12.5 Å². The first-order valence-corrected chi connectivity index (χ1v) is 10.4. The van der Waals surface area contributed by atoms with E-state index in [2.05, 4.69) is 11.6 Å². The van der Waals surface area contributed by atoms with Crippen molar-refractivity contribution in [3.8, 4) is 0 Å². The van der Waals surface area contributed by atoms with Crippen LogP contribution in [0.4, 0.5) is 0 Å². The molecule has 0 bridgehead atoms. The van der Waals surface area contributed by atoms with Crippen LogP contribution in [0.2, 0.25) is 0 Å². The van der Waals surface area contributed by atoms with Crippen LogP contribution in [0.5, 0.6) is 0 Å². The monoisotopic (exact) mass is 328 g/mol. The summed E-state index contributed by atoms with van der Waals surface area (Å²) < 4.78 is 27.3. The number of nitrogens with zero attached hydrogens (tertiary/aromatic N) is 1. The molecule has 1 heterocycles. The molecule has 1 saturated heterocycles. The van der Waals surface area contributed by atoms with E-state index in [9.17, 15) is 13.2 Å². The lowest BCUT2D eigenvalue weighted by Crippen LogP contribution is -2.53. The number of sulfonamides is 1. The topological polar surface area (TPSA) is 66.5 Å². The van der Waals surface area contributed by atoms with Gasteiger partial charge in [-0.2, -0.15) is 0 Å². The first kappa shape index (κ1) is 16.2. The van der Waals surface area contributed by atoms with Crippen molar-refractivity contribution in [2.45, 2.75) is 69.6 Å². The molecule has 2 atom stereocenters. The van der Waals surface area contributed by atoms with E-state index in [1.807, 2.05) is 4.90 Å². The van der Waals surface area contributed by atoms with Gasteiger partial charge < -0.3 is 4.90 Å². The van der Waals surface area contributed by atoms with E-state index in [-0.39, 0.29) is 23.1 Å². The van der Waals surface area contributed by atoms with Gasteiger partial charge in [0.05, 0.1) is 5.25 Å². The number of carbonyl (C=O) groups excluding carboxylic acids is 1.